The summed E-state index contributed by atoms with van der Waals surface area (Å²) in [6.07, 6.45) is 2.19. The van der Waals surface area contributed by atoms with Crippen LogP contribution in [0, 0.1) is 5.41 Å². The average molecular weight is 524 g/mol. The Morgan fingerprint density at radius 3 is 2.68 bits per heavy atom. The van der Waals surface area contributed by atoms with Crippen molar-refractivity contribution in [2.24, 2.45) is 0 Å². The summed E-state index contributed by atoms with van der Waals surface area (Å²) in [6.45, 7) is -0.654. The van der Waals surface area contributed by atoms with E-state index in [4.69, 9.17) is 14.9 Å². The molecule has 3 aromatic heterocycles. The molecule has 1 aliphatic heterocycles. The highest BCUT2D eigenvalue weighted by Crippen LogP contribution is 2.29. The molecule has 196 valence electrons. The number of ether oxygens (including phenoxy) is 2. The van der Waals surface area contributed by atoms with Crippen molar-refractivity contribution in [3.05, 3.63) is 71.5 Å². The van der Waals surface area contributed by atoms with Gasteiger partial charge in [-0.05, 0) is 18.2 Å². The SMILES string of the molecule is COC/C(O)=C/C(=N)c1nnc2c3ccccc3c(OCc3ccc(C(=O)N4CCC(F)(F)C4)cn3)nn12. The van der Waals surface area contributed by atoms with Crippen LogP contribution in [0.1, 0.15) is 28.3 Å². The van der Waals surface area contributed by atoms with Crippen molar-refractivity contribution in [1.29, 1.82) is 5.41 Å². The van der Waals surface area contributed by atoms with E-state index < -0.39 is 18.4 Å². The number of pyridine rings is 1. The lowest BCUT2D eigenvalue weighted by molar-refractivity contribution is 0.0120. The van der Waals surface area contributed by atoms with Crippen molar-refractivity contribution in [2.45, 2.75) is 19.0 Å². The molecule has 13 heteroatoms. The lowest BCUT2D eigenvalue weighted by Crippen LogP contribution is -2.31. The summed E-state index contributed by atoms with van der Waals surface area (Å²) >= 11 is 0. The number of carbonyl (C=O) groups is 1. The maximum absolute atomic E-state index is 13.5. The number of nitrogens with zero attached hydrogens (tertiary/aromatic N) is 6. The van der Waals surface area contributed by atoms with Gasteiger partial charge in [-0.25, -0.2) is 8.78 Å². The lowest BCUT2D eigenvalue weighted by Gasteiger charge is -2.16. The van der Waals surface area contributed by atoms with Gasteiger partial charge in [0.05, 0.1) is 17.8 Å². The van der Waals surface area contributed by atoms with Crippen LogP contribution in [0.5, 0.6) is 5.88 Å². The Kier molecular flexibility index (Phi) is 6.68. The van der Waals surface area contributed by atoms with E-state index in [1.165, 1.54) is 30.0 Å². The van der Waals surface area contributed by atoms with Gasteiger partial charge in [0, 0.05) is 43.1 Å². The fourth-order valence-corrected chi connectivity index (χ4v) is 4.12. The van der Waals surface area contributed by atoms with Crippen LogP contribution >= 0.6 is 0 Å². The maximum Gasteiger partial charge on any atom is 0.267 e. The number of aliphatic hydroxyl groups excluding tert-OH is 1. The summed E-state index contributed by atoms with van der Waals surface area (Å²) in [5, 5.41) is 32.3. The van der Waals surface area contributed by atoms with Crippen molar-refractivity contribution in [1.82, 2.24) is 29.7 Å². The molecule has 1 amide bonds. The number of carbonyl (C=O) groups excluding carboxylic acids is 1. The molecule has 1 aliphatic rings. The quantitative estimate of drug-likeness (QED) is 0.265. The van der Waals surface area contributed by atoms with Gasteiger partial charge in [0.2, 0.25) is 11.7 Å². The van der Waals surface area contributed by atoms with Gasteiger partial charge in [0.15, 0.2) is 5.65 Å². The van der Waals surface area contributed by atoms with Gasteiger partial charge < -0.3 is 19.5 Å². The van der Waals surface area contributed by atoms with E-state index >= 15 is 0 Å². The van der Waals surface area contributed by atoms with Crippen LogP contribution < -0.4 is 4.74 Å². The molecule has 4 aromatic rings. The predicted molar refractivity (Wildman–Crippen MR) is 132 cm³/mol. The predicted octanol–water partition coefficient (Wildman–Crippen LogP) is 3.19. The Bertz CT molecular complexity index is 1550. The van der Waals surface area contributed by atoms with Crippen molar-refractivity contribution in [3.8, 4) is 5.88 Å². The Labute approximate surface area is 214 Å². The molecule has 11 nitrogen and oxygen atoms in total. The fraction of sp³-hybridized carbons (Fsp3) is 0.280. The van der Waals surface area contributed by atoms with Gasteiger partial charge in [-0.15, -0.1) is 15.3 Å². The molecule has 0 bridgehead atoms. The first kappa shape index (κ1) is 25.1. The van der Waals surface area contributed by atoms with Crippen molar-refractivity contribution < 1.29 is 28.2 Å². The molecule has 1 aromatic carbocycles. The van der Waals surface area contributed by atoms with Gasteiger partial charge >= 0.3 is 0 Å². The minimum absolute atomic E-state index is 0.00217. The highest BCUT2D eigenvalue weighted by atomic mass is 19.3. The average Bonchev–Trinajstić information content (AvgIpc) is 3.50. The van der Waals surface area contributed by atoms with Crippen LogP contribution in [0.3, 0.4) is 0 Å². The molecule has 0 spiro atoms. The van der Waals surface area contributed by atoms with Crippen LogP contribution in [0.2, 0.25) is 0 Å². The number of allylic oxidation sites excluding steroid dienone is 1. The molecule has 0 radical (unpaired) electrons. The summed E-state index contributed by atoms with van der Waals surface area (Å²) in [4.78, 5) is 17.9. The Hall–Kier alpha value is -4.52. The number of fused-ring (bicyclic) bond motifs is 3. The van der Waals surface area contributed by atoms with Gasteiger partial charge in [0.1, 0.15) is 24.7 Å². The van der Waals surface area contributed by atoms with Crippen LogP contribution in [0.4, 0.5) is 8.78 Å². The van der Waals surface area contributed by atoms with E-state index in [0.717, 1.165) is 4.90 Å². The van der Waals surface area contributed by atoms with Crippen LogP contribution in [0.15, 0.2) is 54.4 Å². The number of amides is 1. The smallest absolute Gasteiger partial charge is 0.267 e. The summed E-state index contributed by atoms with van der Waals surface area (Å²) in [5.41, 5.74) is 0.983. The number of benzene rings is 1. The number of rotatable bonds is 8. The monoisotopic (exact) mass is 523 g/mol. The van der Waals surface area contributed by atoms with E-state index in [1.54, 1.807) is 6.07 Å². The third-order valence-corrected chi connectivity index (χ3v) is 5.96. The van der Waals surface area contributed by atoms with Gasteiger partial charge in [-0.3, -0.25) is 15.2 Å². The molecule has 0 aliphatic carbocycles. The van der Waals surface area contributed by atoms with E-state index in [0.29, 0.717) is 22.1 Å². The number of aromatic nitrogens is 5. The number of hydrogen-bond acceptors (Lipinski definition) is 9. The number of nitrogens with one attached hydrogen (secondary N) is 1. The largest absolute Gasteiger partial charge is 0.510 e. The summed E-state index contributed by atoms with van der Waals surface area (Å²) in [6, 6.07) is 10.4. The fourth-order valence-electron chi connectivity index (χ4n) is 4.12. The first-order valence-electron chi connectivity index (χ1n) is 11.6. The lowest BCUT2D eigenvalue weighted by atomic mass is 10.2. The highest BCUT2D eigenvalue weighted by molar-refractivity contribution is 6.05. The second kappa shape index (κ2) is 10.1. The molecular weight excluding hydrogens is 500 g/mol. The van der Waals surface area contributed by atoms with Crippen molar-refractivity contribution in [3.63, 3.8) is 0 Å². The third kappa shape index (κ3) is 5.00. The highest BCUT2D eigenvalue weighted by Gasteiger charge is 2.40. The molecule has 0 unspecified atom stereocenters. The zero-order chi connectivity index (χ0) is 26.9. The standard InChI is InChI=1S/C25H23F2N7O4/c1-37-13-17(35)10-20(28)22-31-30-21-18-4-2-3-5-19(18)23(32-34(21)22)38-12-16-7-6-15(11-29-16)24(36)33-9-8-25(26,27)14-33/h2-7,10-11,28,35H,8-9,12-14H2,1H3/b17-10-,28-20?. The first-order chi connectivity index (χ1) is 18.3. The molecular formula is C25H23F2N7O4. The van der Waals surface area contributed by atoms with Gasteiger partial charge in [0.25, 0.3) is 11.8 Å². The maximum atomic E-state index is 13.5. The molecule has 1 saturated heterocycles. The van der Waals surface area contributed by atoms with E-state index in [9.17, 15) is 18.7 Å². The van der Waals surface area contributed by atoms with Crippen LogP contribution in [-0.2, 0) is 11.3 Å². The number of methoxy groups -OCH3 is 1. The normalized spacial score (nSPS) is 15.3. The molecule has 5 rings (SSSR count). The summed E-state index contributed by atoms with van der Waals surface area (Å²) in [7, 11) is 1.42. The molecule has 38 heavy (non-hydrogen) atoms. The topological polar surface area (TPSA) is 139 Å². The van der Waals surface area contributed by atoms with Crippen molar-refractivity contribution in [2.75, 3.05) is 26.8 Å². The van der Waals surface area contributed by atoms with Gasteiger partial charge in [-0.2, -0.15) is 4.52 Å². The minimum atomic E-state index is -2.86. The number of alkyl halides is 2. The Balaban J connectivity index is 1.39. The number of halogens is 2. The zero-order valence-electron chi connectivity index (χ0n) is 20.3. The molecule has 4 heterocycles. The third-order valence-electron chi connectivity index (χ3n) is 5.96. The summed E-state index contributed by atoms with van der Waals surface area (Å²) in [5.74, 6) is -3.19. The second-order valence-corrected chi connectivity index (χ2v) is 8.75. The molecule has 0 saturated carbocycles. The molecule has 1 fully saturated rings. The number of aliphatic hydroxyl groups is 1. The summed E-state index contributed by atoms with van der Waals surface area (Å²) < 4.78 is 39.1. The molecule has 2 N–H and O–H groups in total. The molecule has 0 atom stereocenters. The van der Waals surface area contributed by atoms with E-state index in [1.807, 2.05) is 24.3 Å². The second-order valence-electron chi connectivity index (χ2n) is 8.75. The number of hydrogen-bond donors (Lipinski definition) is 2. The number of likely N-dealkylation sites (tertiary alicyclic amines) is 1. The Morgan fingerprint density at radius 2 is 2.00 bits per heavy atom. The van der Waals surface area contributed by atoms with Crippen molar-refractivity contribution >= 4 is 28.0 Å². The zero-order valence-corrected chi connectivity index (χ0v) is 20.3. The minimum Gasteiger partial charge on any atom is -0.510 e. The first-order valence-corrected chi connectivity index (χ1v) is 11.6. The Morgan fingerprint density at radius 1 is 1.21 bits per heavy atom. The van der Waals surface area contributed by atoms with Crippen LogP contribution in [-0.4, -0.2) is 79.1 Å². The van der Waals surface area contributed by atoms with E-state index in [2.05, 4.69) is 20.3 Å². The van der Waals surface area contributed by atoms with E-state index in [-0.39, 0.29) is 54.9 Å². The van der Waals surface area contributed by atoms with Crippen LogP contribution in [0.25, 0.3) is 16.4 Å². The van der Waals surface area contributed by atoms with Gasteiger partial charge in [-0.1, -0.05) is 18.2 Å².